The number of amides is 1. The SMILES string of the molecule is CCCCCCCCCCCCCCCCCC(=O)C(CC(=O)O)N(C)C(=O)CCCCCCCCCCCCCCCCC. The van der Waals surface area contributed by atoms with E-state index in [2.05, 4.69) is 13.8 Å². The number of likely N-dealkylation sites (N-methyl/N-ethyl adjacent to an activating group) is 1. The molecule has 0 aliphatic heterocycles. The van der Waals surface area contributed by atoms with Gasteiger partial charge >= 0.3 is 5.97 Å². The van der Waals surface area contributed by atoms with Crippen LogP contribution in [0.5, 0.6) is 0 Å². The molecule has 0 fully saturated rings. The summed E-state index contributed by atoms with van der Waals surface area (Å²) in [4.78, 5) is 38.6. The molecule has 0 aliphatic rings. The number of carbonyl (C=O) groups excluding carboxylic acids is 2. The number of carbonyl (C=O) groups is 3. The summed E-state index contributed by atoms with van der Waals surface area (Å²) in [5.74, 6) is -1.21. The summed E-state index contributed by atoms with van der Waals surface area (Å²) in [6, 6.07) is -0.835. The van der Waals surface area contributed by atoms with Crippen LogP contribution in [0.25, 0.3) is 0 Å². The van der Waals surface area contributed by atoms with E-state index in [0.717, 1.165) is 38.5 Å². The molecule has 45 heavy (non-hydrogen) atoms. The lowest BCUT2D eigenvalue weighted by atomic mass is 9.99. The first-order valence-corrected chi connectivity index (χ1v) is 19.9. The predicted molar refractivity (Wildman–Crippen MR) is 193 cm³/mol. The van der Waals surface area contributed by atoms with Crippen LogP contribution in [0.4, 0.5) is 0 Å². The van der Waals surface area contributed by atoms with Gasteiger partial charge in [-0.2, -0.15) is 0 Å². The van der Waals surface area contributed by atoms with Crippen LogP contribution in [0, 0.1) is 0 Å². The van der Waals surface area contributed by atoms with Crippen LogP contribution in [0.1, 0.15) is 226 Å². The van der Waals surface area contributed by atoms with E-state index in [4.69, 9.17) is 0 Å². The fraction of sp³-hybridized carbons (Fsp3) is 0.925. The number of carboxylic acid groups (broad SMARTS) is 1. The number of nitrogens with zero attached hydrogens (tertiary/aromatic N) is 1. The molecule has 0 aromatic rings. The lowest BCUT2D eigenvalue weighted by molar-refractivity contribution is -0.145. The lowest BCUT2D eigenvalue weighted by Crippen LogP contribution is -2.43. The number of carboxylic acids is 1. The minimum absolute atomic E-state index is 0.0965. The first-order valence-electron chi connectivity index (χ1n) is 19.9. The number of unbranched alkanes of at least 4 members (excludes halogenated alkanes) is 28. The monoisotopic (exact) mass is 636 g/mol. The number of hydrogen-bond acceptors (Lipinski definition) is 3. The van der Waals surface area contributed by atoms with E-state index in [1.165, 1.54) is 159 Å². The Labute approximate surface area is 280 Å². The van der Waals surface area contributed by atoms with Gasteiger partial charge in [-0.25, -0.2) is 0 Å². The third-order valence-corrected chi connectivity index (χ3v) is 9.62. The van der Waals surface area contributed by atoms with Crippen LogP contribution in [-0.4, -0.2) is 40.8 Å². The average molecular weight is 636 g/mol. The Bertz CT molecular complexity index is 679. The number of rotatable bonds is 36. The summed E-state index contributed by atoms with van der Waals surface area (Å²) < 4.78 is 0. The first-order chi connectivity index (χ1) is 21.9. The molecule has 0 aromatic carbocycles. The molecule has 266 valence electrons. The highest BCUT2D eigenvalue weighted by Crippen LogP contribution is 2.17. The molecule has 1 atom stereocenters. The molecule has 5 nitrogen and oxygen atoms in total. The molecule has 1 N–H and O–H groups in total. The smallest absolute Gasteiger partial charge is 0.305 e. The van der Waals surface area contributed by atoms with Gasteiger partial charge in [-0.1, -0.05) is 194 Å². The van der Waals surface area contributed by atoms with Crippen LogP contribution in [0.2, 0.25) is 0 Å². The molecule has 0 aliphatic carbocycles. The summed E-state index contributed by atoms with van der Waals surface area (Å²) in [6.45, 7) is 4.53. The normalized spacial score (nSPS) is 12.0. The van der Waals surface area contributed by atoms with Crippen LogP contribution in [0.15, 0.2) is 0 Å². The van der Waals surface area contributed by atoms with E-state index < -0.39 is 12.0 Å². The maximum absolute atomic E-state index is 12.9. The topological polar surface area (TPSA) is 74.7 Å². The first kappa shape index (κ1) is 43.6. The molecular weight excluding hydrogens is 558 g/mol. The van der Waals surface area contributed by atoms with E-state index in [0.29, 0.717) is 12.8 Å². The Morgan fingerprint density at radius 2 is 0.711 bits per heavy atom. The molecule has 0 aromatic heterocycles. The summed E-state index contributed by atoms with van der Waals surface area (Å²) >= 11 is 0. The van der Waals surface area contributed by atoms with Gasteiger partial charge in [0.1, 0.15) is 6.04 Å². The Kier molecular flexibility index (Phi) is 32.9. The molecule has 1 unspecified atom stereocenters. The number of ketones is 1. The predicted octanol–water partition coefficient (Wildman–Crippen LogP) is 12.4. The van der Waals surface area contributed by atoms with Gasteiger partial charge in [0.05, 0.1) is 6.42 Å². The Morgan fingerprint density at radius 1 is 0.444 bits per heavy atom. The number of Topliss-reactive ketones (excluding diaryl/α,β-unsaturated/α-hetero) is 1. The van der Waals surface area contributed by atoms with Gasteiger partial charge in [-0.05, 0) is 12.8 Å². The van der Waals surface area contributed by atoms with Gasteiger partial charge in [-0.3, -0.25) is 14.4 Å². The second kappa shape index (κ2) is 34.0. The molecule has 0 bridgehead atoms. The zero-order valence-electron chi connectivity index (χ0n) is 30.5. The van der Waals surface area contributed by atoms with E-state index in [9.17, 15) is 19.5 Å². The largest absolute Gasteiger partial charge is 0.481 e. The standard InChI is InChI=1S/C40H77NO4/c1-4-6-8-10-12-14-16-18-20-22-24-26-28-30-32-34-38(42)37(36-40(44)45)41(3)39(43)35-33-31-29-27-25-23-21-19-17-15-13-11-9-7-5-2/h37H,4-36H2,1-3H3,(H,44,45). The van der Waals surface area contributed by atoms with Crippen molar-refractivity contribution in [2.45, 2.75) is 232 Å². The fourth-order valence-electron chi connectivity index (χ4n) is 6.47. The molecule has 0 radical (unpaired) electrons. The van der Waals surface area contributed by atoms with Crippen molar-refractivity contribution in [2.24, 2.45) is 0 Å². The highest BCUT2D eigenvalue weighted by molar-refractivity contribution is 5.91. The summed E-state index contributed by atoms with van der Waals surface area (Å²) in [5, 5.41) is 9.39. The molecular formula is C40H77NO4. The zero-order valence-corrected chi connectivity index (χ0v) is 30.5. The molecule has 0 spiro atoms. The molecule has 1 amide bonds. The summed E-state index contributed by atoms with van der Waals surface area (Å²) in [6.07, 6.45) is 38.7. The van der Waals surface area contributed by atoms with Crippen LogP contribution >= 0.6 is 0 Å². The lowest BCUT2D eigenvalue weighted by Gasteiger charge is -2.26. The van der Waals surface area contributed by atoms with Crippen molar-refractivity contribution in [1.82, 2.24) is 4.90 Å². The summed E-state index contributed by atoms with van der Waals surface area (Å²) in [7, 11) is 1.62. The minimum atomic E-state index is -1.02. The maximum atomic E-state index is 12.9. The van der Waals surface area contributed by atoms with Crippen molar-refractivity contribution >= 4 is 17.7 Å². The maximum Gasteiger partial charge on any atom is 0.305 e. The Balaban J connectivity index is 3.88. The van der Waals surface area contributed by atoms with Crippen molar-refractivity contribution < 1.29 is 19.5 Å². The van der Waals surface area contributed by atoms with Gasteiger partial charge < -0.3 is 10.0 Å². The van der Waals surface area contributed by atoms with E-state index in [1.54, 1.807) is 7.05 Å². The van der Waals surface area contributed by atoms with Gasteiger partial charge in [0.15, 0.2) is 5.78 Å². The van der Waals surface area contributed by atoms with Gasteiger partial charge in [0.2, 0.25) is 5.91 Å². The van der Waals surface area contributed by atoms with Gasteiger partial charge in [-0.15, -0.1) is 0 Å². The molecule has 0 heterocycles. The number of aliphatic carboxylic acids is 1. The fourth-order valence-corrected chi connectivity index (χ4v) is 6.47. The van der Waals surface area contributed by atoms with Crippen LogP contribution in [-0.2, 0) is 14.4 Å². The van der Waals surface area contributed by atoms with Crippen molar-refractivity contribution in [3.05, 3.63) is 0 Å². The zero-order chi connectivity index (χ0) is 33.2. The summed E-state index contributed by atoms with van der Waals surface area (Å²) in [5.41, 5.74) is 0. The Hall–Kier alpha value is -1.39. The van der Waals surface area contributed by atoms with E-state index in [-0.39, 0.29) is 18.1 Å². The molecule has 0 saturated heterocycles. The van der Waals surface area contributed by atoms with Crippen molar-refractivity contribution in [3.8, 4) is 0 Å². The Morgan fingerprint density at radius 3 is 1.00 bits per heavy atom. The minimum Gasteiger partial charge on any atom is -0.481 e. The third-order valence-electron chi connectivity index (χ3n) is 9.62. The average Bonchev–Trinajstić information content (AvgIpc) is 3.02. The van der Waals surface area contributed by atoms with Gasteiger partial charge in [0, 0.05) is 19.9 Å². The second-order valence-corrected chi connectivity index (χ2v) is 14.0. The van der Waals surface area contributed by atoms with E-state index >= 15 is 0 Å². The van der Waals surface area contributed by atoms with Crippen molar-refractivity contribution in [1.29, 1.82) is 0 Å². The van der Waals surface area contributed by atoms with Gasteiger partial charge in [0.25, 0.3) is 0 Å². The van der Waals surface area contributed by atoms with E-state index in [1.807, 2.05) is 0 Å². The van der Waals surface area contributed by atoms with Crippen LogP contribution < -0.4 is 0 Å². The molecule has 5 heteroatoms. The number of hydrogen-bond donors (Lipinski definition) is 1. The second-order valence-electron chi connectivity index (χ2n) is 14.0. The highest BCUT2D eigenvalue weighted by Gasteiger charge is 2.28. The molecule has 0 saturated carbocycles. The molecule has 0 rings (SSSR count). The van der Waals surface area contributed by atoms with Crippen molar-refractivity contribution in [2.75, 3.05) is 7.05 Å². The highest BCUT2D eigenvalue weighted by atomic mass is 16.4. The van der Waals surface area contributed by atoms with Crippen LogP contribution in [0.3, 0.4) is 0 Å². The van der Waals surface area contributed by atoms with Crippen molar-refractivity contribution in [3.63, 3.8) is 0 Å². The quantitative estimate of drug-likeness (QED) is 0.0695. The third kappa shape index (κ3) is 29.7.